The van der Waals surface area contributed by atoms with Crippen molar-refractivity contribution >= 4 is 5.91 Å². The number of carbonyl (C=O) groups excluding carboxylic acids is 1. The summed E-state index contributed by atoms with van der Waals surface area (Å²) in [5.41, 5.74) is 2.67. The molecule has 0 aliphatic heterocycles. The summed E-state index contributed by atoms with van der Waals surface area (Å²) < 4.78 is 5.26. The van der Waals surface area contributed by atoms with E-state index in [1.54, 1.807) is 26.1 Å². The summed E-state index contributed by atoms with van der Waals surface area (Å²) in [7, 11) is 5.04. The maximum absolute atomic E-state index is 12.2. The van der Waals surface area contributed by atoms with E-state index in [9.17, 15) is 4.79 Å². The summed E-state index contributed by atoms with van der Waals surface area (Å²) in [6.45, 7) is 0. The highest BCUT2D eigenvalue weighted by Gasteiger charge is 2.15. The summed E-state index contributed by atoms with van der Waals surface area (Å²) in [5.74, 6) is 0.535. The average molecular weight is 255 g/mol. The minimum Gasteiger partial charge on any atom is -0.496 e. The molecule has 0 aliphatic rings. The van der Waals surface area contributed by atoms with Crippen molar-refractivity contribution in [1.29, 1.82) is 0 Å². The van der Waals surface area contributed by atoms with E-state index < -0.39 is 0 Å². The van der Waals surface area contributed by atoms with Crippen LogP contribution in [0.2, 0.25) is 0 Å². The second kappa shape index (κ2) is 5.57. The fourth-order valence-corrected chi connectivity index (χ4v) is 1.93. The van der Waals surface area contributed by atoms with Gasteiger partial charge in [-0.15, -0.1) is 0 Å². The molecule has 0 N–H and O–H groups in total. The number of amides is 1. The summed E-state index contributed by atoms with van der Waals surface area (Å²) in [5, 5.41) is 0. The third kappa shape index (κ3) is 2.76. The van der Waals surface area contributed by atoms with Crippen LogP contribution in [0.4, 0.5) is 0 Å². The van der Waals surface area contributed by atoms with Crippen molar-refractivity contribution < 1.29 is 9.53 Å². The smallest absolute Gasteiger partial charge is 0.257 e. The fourth-order valence-electron chi connectivity index (χ4n) is 1.93. The Kier molecular flexibility index (Phi) is 3.85. The molecule has 0 aliphatic carbocycles. The van der Waals surface area contributed by atoms with E-state index in [1.165, 1.54) is 0 Å². The van der Waals surface area contributed by atoms with Gasteiger partial charge in [0.05, 0.1) is 12.7 Å². The second-order valence-electron chi connectivity index (χ2n) is 4.48. The van der Waals surface area contributed by atoms with Crippen molar-refractivity contribution in [3.05, 3.63) is 54.1 Å². The van der Waals surface area contributed by atoms with Gasteiger partial charge in [-0.3, -0.25) is 4.79 Å². The Bertz CT molecular complexity index is 577. The summed E-state index contributed by atoms with van der Waals surface area (Å²) in [4.78, 5) is 13.7. The SMILES string of the molecule is COc1ccc(-c2ccccc2)cc1C(=O)N(C)C. The number of nitrogens with zero attached hydrogens (tertiary/aromatic N) is 1. The van der Waals surface area contributed by atoms with Gasteiger partial charge < -0.3 is 9.64 Å². The molecule has 0 spiro atoms. The third-order valence-corrected chi connectivity index (χ3v) is 2.94. The Balaban J connectivity index is 2.50. The van der Waals surface area contributed by atoms with Crippen LogP contribution < -0.4 is 4.74 Å². The van der Waals surface area contributed by atoms with Gasteiger partial charge in [-0.25, -0.2) is 0 Å². The molecule has 0 atom stereocenters. The van der Waals surface area contributed by atoms with Gasteiger partial charge in [-0.05, 0) is 23.3 Å². The van der Waals surface area contributed by atoms with E-state index in [2.05, 4.69) is 0 Å². The first-order valence-electron chi connectivity index (χ1n) is 6.08. The van der Waals surface area contributed by atoms with Crippen LogP contribution in [0.15, 0.2) is 48.5 Å². The molecule has 0 fully saturated rings. The highest BCUT2D eigenvalue weighted by molar-refractivity contribution is 5.98. The van der Waals surface area contributed by atoms with Gasteiger partial charge in [0.2, 0.25) is 0 Å². The van der Waals surface area contributed by atoms with Crippen molar-refractivity contribution in [1.82, 2.24) is 4.90 Å². The first-order chi connectivity index (χ1) is 9.13. The molecule has 19 heavy (non-hydrogen) atoms. The van der Waals surface area contributed by atoms with Crippen LogP contribution in [-0.2, 0) is 0 Å². The molecule has 0 heterocycles. The summed E-state index contributed by atoms with van der Waals surface area (Å²) in [6.07, 6.45) is 0. The topological polar surface area (TPSA) is 29.5 Å². The van der Waals surface area contributed by atoms with E-state index >= 15 is 0 Å². The van der Waals surface area contributed by atoms with Crippen molar-refractivity contribution in [2.75, 3.05) is 21.2 Å². The van der Waals surface area contributed by atoms with Crippen LogP contribution in [-0.4, -0.2) is 32.0 Å². The van der Waals surface area contributed by atoms with Gasteiger partial charge >= 0.3 is 0 Å². The van der Waals surface area contributed by atoms with Crippen LogP contribution in [0.3, 0.4) is 0 Å². The van der Waals surface area contributed by atoms with Crippen LogP contribution in [0.1, 0.15) is 10.4 Å². The minimum atomic E-state index is -0.0605. The largest absolute Gasteiger partial charge is 0.496 e. The van der Waals surface area contributed by atoms with Crippen LogP contribution in [0, 0.1) is 0 Å². The zero-order chi connectivity index (χ0) is 13.8. The molecule has 0 saturated carbocycles. The normalized spacial score (nSPS) is 10.1. The second-order valence-corrected chi connectivity index (χ2v) is 4.48. The van der Waals surface area contributed by atoms with E-state index in [-0.39, 0.29) is 5.91 Å². The molecular weight excluding hydrogens is 238 g/mol. The quantitative estimate of drug-likeness (QED) is 0.843. The Morgan fingerprint density at radius 3 is 2.26 bits per heavy atom. The van der Waals surface area contributed by atoms with Gasteiger partial charge in [0.1, 0.15) is 5.75 Å². The predicted molar refractivity (Wildman–Crippen MR) is 76.4 cm³/mol. The Morgan fingerprint density at radius 1 is 1.00 bits per heavy atom. The van der Waals surface area contributed by atoms with Gasteiger partial charge in [0, 0.05) is 14.1 Å². The van der Waals surface area contributed by atoms with Gasteiger partial charge in [0.15, 0.2) is 0 Å². The lowest BCUT2D eigenvalue weighted by molar-refractivity contribution is 0.0824. The van der Waals surface area contributed by atoms with E-state index in [0.29, 0.717) is 11.3 Å². The standard InChI is InChI=1S/C16H17NO2/c1-17(2)16(18)14-11-13(9-10-15(14)19-3)12-7-5-4-6-8-12/h4-11H,1-3H3. The summed E-state index contributed by atoms with van der Waals surface area (Å²) in [6, 6.07) is 15.6. The van der Waals surface area contributed by atoms with Gasteiger partial charge in [0.25, 0.3) is 5.91 Å². The van der Waals surface area contributed by atoms with Crippen LogP contribution in [0.5, 0.6) is 5.75 Å². The molecule has 1 amide bonds. The number of hydrogen-bond donors (Lipinski definition) is 0. The van der Waals surface area contributed by atoms with Gasteiger partial charge in [-0.1, -0.05) is 36.4 Å². The molecule has 0 aromatic heterocycles. The van der Waals surface area contributed by atoms with E-state index in [4.69, 9.17) is 4.74 Å². The molecule has 98 valence electrons. The monoisotopic (exact) mass is 255 g/mol. The number of benzene rings is 2. The average Bonchev–Trinajstić information content (AvgIpc) is 2.46. The minimum absolute atomic E-state index is 0.0605. The van der Waals surface area contributed by atoms with Crippen molar-refractivity contribution in [3.63, 3.8) is 0 Å². The Hall–Kier alpha value is -2.29. The van der Waals surface area contributed by atoms with Crippen molar-refractivity contribution in [2.24, 2.45) is 0 Å². The number of methoxy groups -OCH3 is 1. The molecule has 0 bridgehead atoms. The van der Waals surface area contributed by atoms with E-state index in [1.807, 2.05) is 48.5 Å². The lowest BCUT2D eigenvalue weighted by atomic mass is 10.0. The number of carbonyl (C=O) groups is 1. The zero-order valence-corrected chi connectivity index (χ0v) is 11.4. The highest BCUT2D eigenvalue weighted by Crippen LogP contribution is 2.27. The zero-order valence-electron chi connectivity index (χ0n) is 11.4. The first kappa shape index (κ1) is 13.1. The molecule has 2 aromatic carbocycles. The lowest BCUT2D eigenvalue weighted by Crippen LogP contribution is -2.22. The third-order valence-electron chi connectivity index (χ3n) is 2.94. The number of ether oxygens (including phenoxy) is 1. The van der Waals surface area contributed by atoms with Gasteiger partial charge in [-0.2, -0.15) is 0 Å². The molecule has 2 rings (SSSR count). The predicted octanol–water partition coefficient (Wildman–Crippen LogP) is 3.06. The Morgan fingerprint density at radius 2 is 1.68 bits per heavy atom. The molecule has 0 saturated heterocycles. The number of rotatable bonds is 3. The van der Waals surface area contributed by atoms with E-state index in [0.717, 1.165) is 11.1 Å². The highest BCUT2D eigenvalue weighted by atomic mass is 16.5. The molecule has 3 nitrogen and oxygen atoms in total. The maximum Gasteiger partial charge on any atom is 0.257 e. The molecule has 0 radical (unpaired) electrons. The fraction of sp³-hybridized carbons (Fsp3) is 0.188. The van der Waals surface area contributed by atoms with Crippen molar-refractivity contribution in [3.8, 4) is 16.9 Å². The van der Waals surface area contributed by atoms with Crippen LogP contribution >= 0.6 is 0 Å². The molecule has 0 unspecified atom stereocenters. The molecular formula is C16H17NO2. The lowest BCUT2D eigenvalue weighted by Gasteiger charge is -2.14. The van der Waals surface area contributed by atoms with Crippen molar-refractivity contribution in [2.45, 2.75) is 0 Å². The molecule has 3 heteroatoms. The van der Waals surface area contributed by atoms with Crippen LogP contribution in [0.25, 0.3) is 11.1 Å². The number of hydrogen-bond acceptors (Lipinski definition) is 2. The summed E-state index contributed by atoms with van der Waals surface area (Å²) >= 11 is 0. The maximum atomic E-state index is 12.2. The Labute approximate surface area is 113 Å². The molecule has 2 aromatic rings. The first-order valence-corrected chi connectivity index (χ1v) is 6.08.